The van der Waals surface area contributed by atoms with Gasteiger partial charge in [-0.1, -0.05) is 6.08 Å². The molecule has 1 aromatic heterocycles. The highest BCUT2D eigenvalue weighted by molar-refractivity contribution is 5.09. The van der Waals surface area contributed by atoms with Gasteiger partial charge in [-0.15, -0.1) is 0 Å². The van der Waals surface area contributed by atoms with Crippen molar-refractivity contribution in [2.75, 3.05) is 6.61 Å². The van der Waals surface area contributed by atoms with Gasteiger partial charge in [-0.2, -0.15) is 0 Å². The smallest absolute Gasteiger partial charge is 0.330 e. The number of allylic oxidation sites excluding steroid dienone is 1. The van der Waals surface area contributed by atoms with Crippen molar-refractivity contribution in [3.63, 3.8) is 0 Å². The van der Waals surface area contributed by atoms with Crippen molar-refractivity contribution >= 4 is 0 Å². The predicted molar refractivity (Wildman–Crippen MR) is 68.6 cm³/mol. The number of hydrogen-bond acceptors (Lipinski definition) is 5. The fourth-order valence-electron chi connectivity index (χ4n) is 2.11. The maximum atomic E-state index is 11.8. The molecule has 1 aliphatic heterocycles. The number of aliphatic hydroxyl groups is 1. The standard InChI is InChI=1S/C12H17N3O4/c13-5-1-2-8-6-15(12(18)14-11(8)17)10-4-3-9(7-16)19-10/h1,5-6,9-10,16H,2-4,7,13H2,(H,14,17,18)/t9-,10+/m0/s1. The first-order valence-electron chi connectivity index (χ1n) is 6.13. The molecule has 1 aliphatic rings. The Balaban J connectivity index is 2.30. The first-order valence-corrected chi connectivity index (χ1v) is 6.13. The minimum atomic E-state index is -0.505. The average Bonchev–Trinajstić information content (AvgIpc) is 2.86. The molecule has 1 saturated heterocycles. The quantitative estimate of drug-likeness (QED) is 0.663. The second kappa shape index (κ2) is 5.85. The van der Waals surface area contributed by atoms with Gasteiger partial charge in [-0.3, -0.25) is 14.3 Å². The summed E-state index contributed by atoms with van der Waals surface area (Å²) in [6.45, 7) is -0.0721. The lowest BCUT2D eigenvalue weighted by Crippen LogP contribution is -2.34. The fraction of sp³-hybridized carbons (Fsp3) is 0.500. The van der Waals surface area contributed by atoms with Crippen LogP contribution in [0, 0.1) is 0 Å². The zero-order chi connectivity index (χ0) is 13.8. The van der Waals surface area contributed by atoms with E-state index in [-0.39, 0.29) is 12.7 Å². The van der Waals surface area contributed by atoms with Crippen LogP contribution >= 0.6 is 0 Å². The highest BCUT2D eigenvalue weighted by Crippen LogP contribution is 2.26. The third-order valence-corrected chi connectivity index (χ3v) is 3.11. The van der Waals surface area contributed by atoms with Crippen LogP contribution in [0.25, 0.3) is 0 Å². The van der Waals surface area contributed by atoms with Crippen molar-refractivity contribution in [3.8, 4) is 0 Å². The van der Waals surface area contributed by atoms with Gasteiger partial charge in [-0.25, -0.2) is 4.79 Å². The van der Waals surface area contributed by atoms with Crippen molar-refractivity contribution in [1.29, 1.82) is 0 Å². The van der Waals surface area contributed by atoms with E-state index in [0.717, 1.165) is 0 Å². The van der Waals surface area contributed by atoms with E-state index in [1.165, 1.54) is 17.0 Å². The van der Waals surface area contributed by atoms with Gasteiger partial charge in [0.05, 0.1) is 12.7 Å². The van der Waals surface area contributed by atoms with Crippen LogP contribution in [0.3, 0.4) is 0 Å². The summed E-state index contributed by atoms with van der Waals surface area (Å²) >= 11 is 0. The molecule has 1 aromatic rings. The minimum absolute atomic E-state index is 0.0721. The Morgan fingerprint density at radius 3 is 2.95 bits per heavy atom. The van der Waals surface area contributed by atoms with Gasteiger partial charge in [0.1, 0.15) is 6.23 Å². The number of ether oxygens (including phenoxy) is 1. The van der Waals surface area contributed by atoms with Crippen LogP contribution in [0.4, 0.5) is 0 Å². The molecule has 2 heterocycles. The maximum Gasteiger partial charge on any atom is 0.330 e. The van der Waals surface area contributed by atoms with Gasteiger partial charge < -0.3 is 15.6 Å². The number of nitrogens with one attached hydrogen (secondary N) is 1. The number of nitrogens with two attached hydrogens (primary N) is 1. The molecule has 7 nitrogen and oxygen atoms in total. The van der Waals surface area contributed by atoms with Crippen LogP contribution in [0.15, 0.2) is 28.1 Å². The topological polar surface area (TPSA) is 110 Å². The third kappa shape index (κ3) is 2.94. The van der Waals surface area contributed by atoms with E-state index in [2.05, 4.69) is 4.98 Å². The largest absolute Gasteiger partial charge is 0.405 e. The maximum absolute atomic E-state index is 11.8. The minimum Gasteiger partial charge on any atom is -0.405 e. The SMILES string of the molecule is NC=CCc1cn([C@H]2CC[C@@H](CO)O2)c(=O)[nH]c1=O. The normalized spacial score (nSPS) is 23.2. The zero-order valence-corrected chi connectivity index (χ0v) is 10.4. The fourth-order valence-corrected chi connectivity index (χ4v) is 2.11. The van der Waals surface area contributed by atoms with Crippen LogP contribution in [0.2, 0.25) is 0 Å². The molecular formula is C12H17N3O4. The summed E-state index contributed by atoms with van der Waals surface area (Å²) in [5, 5.41) is 9.02. The van der Waals surface area contributed by atoms with Crippen LogP contribution in [-0.4, -0.2) is 27.4 Å². The van der Waals surface area contributed by atoms with E-state index >= 15 is 0 Å². The Bertz CT molecular complexity index is 575. The summed E-state index contributed by atoms with van der Waals surface area (Å²) < 4.78 is 6.88. The highest BCUT2D eigenvalue weighted by atomic mass is 16.5. The van der Waals surface area contributed by atoms with Gasteiger partial charge in [0, 0.05) is 11.8 Å². The molecule has 7 heteroatoms. The molecule has 0 spiro atoms. The second-order valence-corrected chi connectivity index (χ2v) is 4.43. The Labute approximate surface area is 109 Å². The number of nitrogens with zero attached hydrogens (tertiary/aromatic N) is 1. The van der Waals surface area contributed by atoms with E-state index in [9.17, 15) is 9.59 Å². The van der Waals surface area contributed by atoms with Gasteiger partial charge in [0.2, 0.25) is 0 Å². The molecule has 0 radical (unpaired) electrons. The summed E-state index contributed by atoms with van der Waals surface area (Å²) in [4.78, 5) is 25.6. The van der Waals surface area contributed by atoms with Crippen molar-refractivity contribution in [2.45, 2.75) is 31.6 Å². The van der Waals surface area contributed by atoms with Gasteiger partial charge in [0.15, 0.2) is 0 Å². The number of hydrogen-bond donors (Lipinski definition) is 3. The molecular weight excluding hydrogens is 250 g/mol. The third-order valence-electron chi connectivity index (χ3n) is 3.11. The number of rotatable bonds is 4. The van der Waals surface area contributed by atoms with Crippen LogP contribution in [0.5, 0.6) is 0 Å². The molecule has 1 fully saturated rings. The lowest BCUT2D eigenvalue weighted by Gasteiger charge is -2.15. The monoisotopic (exact) mass is 267 g/mol. The van der Waals surface area contributed by atoms with E-state index in [0.29, 0.717) is 24.8 Å². The summed E-state index contributed by atoms with van der Waals surface area (Å²) in [5.41, 5.74) is 4.76. The lowest BCUT2D eigenvalue weighted by atomic mass is 10.2. The predicted octanol–water partition coefficient (Wildman–Crippen LogP) is -0.779. The van der Waals surface area contributed by atoms with Crippen molar-refractivity contribution < 1.29 is 9.84 Å². The van der Waals surface area contributed by atoms with E-state index in [4.69, 9.17) is 15.6 Å². The number of H-pyrrole nitrogens is 1. The lowest BCUT2D eigenvalue weighted by molar-refractivity contribution is -0.0247. The van der Waals surface area contributed by atoms with Crippen LogP contribution in [-0.2, 0) is 11.2 Å². The summed E-state index contributed by atoms with van der Waals surface area (Å²) in [6.07, 6.45) is 5.44. The van der Waals surface area contributed by atoms with Gasteiger partial charge in [0.25, 0.3) is 5.56 Å². The van der Waals surface area contributed by atoms with Crippen LogP contribution < -0.4 is 17.0 Å². The Morgan fingerprint density at radius 1 is 1.53 bits per heavy atom. The molecule has 0 amide bonds. The van der Waals surface area contributed by atoms with Crippen molar-refractivity contribution in [1.82, 2.24) is 9.55 Å². The molecule has 2 rings (SSSR count). The number of aromatic nitrogens is 2. The first-order chi connectivity index (χ1) is 9.15. The molecule has 0 saturated carbocycles. The van der Waals surface area contributed by atoms with Crippen molar-refractivity contribution in [3.05, 3.63) is 44.9 Å². The average molecular weight is 267 g/mol. The van der Waals surface area contributed by atoms with E-state index < -0.39 is 17.5 Å². The zero-order valence-electron chi connectivity index (χ0n) is 10.4. The second-order valence-electron chi connectivity index (χ2n) is 4.43. The highest BCUT2D eigenvalue weighted by Gasteiger charge is 2.26. The molecule has 0 aromatic carbocycles. The molecule has 104 valence electrons. The molecule has 0 aliphatic carbocycles. The molecule has 19 heavy (non-hydrogen) atoms. The molecule has 4 N–H and O–H groups in total. The number of aliphatic hydroxyl groups excluding tert-OH is 1. The summed E-state index contributed by atoms with van der Waals surface area (Å²) in [5.74, 6) is 0. The van der Waals surface area contributed by atoms with E-state index in [1.807, 2.05) is 0 Å². The first kappa shape index (κ1) is 13.6. The number of aromatic amines is 1. The molecule has 2 atom stereocenters. The van der Waals surface area contributed by atoms with Gasteiger partial charge in [-0.05, 0) is 25.5 Å². The van der Waals surface area contributed by atoms with Crippen molar-refractivity contribution in [2.24, 2.45) is 5.73 Å². The Morgan fingerprint density at radius 2 is 2.32 bits per heavy atom. The van der Waals surface area contributed by atoms with E-state index in [1.54, 1.807) is 6.08 Å². The molecule has 0 unspecified atom stereocenters. The summed E-state index contributed by atoms with van der Waals surface area (Å²) in [7, 11) is 0. The van der Waals surface area contributed by atoms with Crippen LogP contribution in [0.1, 0.15) is 24.6 Å². The Hall–Kier alpha value is -1.86. The molecule has 0 bridgehead atoms. The Kier molecular flexibility index (Phi) is 4.18. The van der Waals surface area contributed by atoms with Gasteiger partial charge >= 0.3 is 5.69 Å². The summed E-state index contributed by atoms with van der Waals surface area (Å²) in [6, 6.07) is 0.